The number of nitrogens with one attached hydrogen (secondary N) is 1. The molecule has 0 spiro atoms. The van der Waals surface area contributed by atoms with Crippen LogP contribution in [0.25, 0.3) is 0 Å². The van der Waals surface area contributed by atoms with Crippen molar-refractivity contribution in [3.63, 3.8) is 0 Å². The van der Waals surface area contributed by atoms with Crippen LogP contribution in [0.4, 0.5) is 0 Å². The lowest BCUT2D eigenvalue weighted by molar-refractivity contribution is -0.0270. The smallest absolute Gasteiger partial charge is 0.240 e. The van der Waals surface area contributed by atoms with E-state index >= 15 is 0 Å². The molecule has 1 aromatic carbocycles. The van der Waals surface area contributed by atoms with Gasteiger partial charge in [-0.2, -0.15) is 0 Å². The summed E-state index contributed by atoms with van der Waals surface area (Å²) in [6, 6.07) is 6.83. The van der Waals surface area contributed by atoms with Gasteiger partial charge < -0.3 is 5.11 Å². The van der Waals surface area contributed by atoms with Crippen molar-refractivity contribution in [2.45, 2.75) is 43.1 Å². The Labute approximate surface area is 108 Å². The molecule has 0 saturated heterocycles. The van der Waals surface area contributed by atoms with Gasteiger partial charge in [-0.15, -0.1) is 0 Å². The largest absolute Gasteiger partial charge is 0.389 e. The van der Waals surface area contributed by atoms with E-state index in [1.165, 1.54) is 0 Å². The fourth-order valence-electron chi connectivity index (χ4n) is 1.98. The molecule has 1 aliphatic carbocycles. The summed E-state index contributed by atoms with van der Waals surface area (Å²) in [5, 5.41) is 9.88. The number of hydrogen-bond donors (Lipinski definition) is 2. The molecule has 0 amide bonds. The zero-order valence-electron chi connectivity index (χ0n) is 10.5. The van der Waals surface area contributed by atoms with Crippen LogP contribution in [0.5, 0.6) is 0 Å². The van der Waals surface area contributed by atoms with Crippen LogP contribution in [-0.2, 0) is 16.4 Å². The number of rotatable bonds is 5. The molecule has 18 heavy (non-hydrogen) atoms. The third kappa shape index (κ3) is 2.91. The Balaban J connectivity index is 2.05. The normalized spacial score (nSPS) is 18.3. The molecule has 1 saturated carbocycles. The molecule has 1 aliphatic rings. The Bertz CT molecular complexity index is 504. The maximum atomic E-state index is 12.0. The molecule has 0 bridgehead atoms. The van der Waals surface area contributed by atoms with Gasteiger partial charge >= 0.3 is 0 Å². The Morgan fingerprint density at radius 3 is 2.33 bits per heavy atom. The van der Waals surface area contributed by atoms with Crippen LogP contribution in [0.1, 0.15) is 31.7 Å². The zero-order chi connectivity index (χ0) is 13.2. The summed E-state index contributed by atoms with van der Waals surface area (Å²) in [5.41, 5.74) is 0.266. The van der Waals surface area contributed by atoms with Gasteiger partial charge in [-0.05, 0) is 43.4 Å². The molecule has 1 aromatic rings. The first-order chi connectivity index (χ1) is 8.45. The lowest BCUT2D eigenvalue weighted by Gasteiger charge is -2.36. The number of sulfonamides is 1. The quantitative estimate of drug-likeness (QED) is 0.850. The second kappa shape index (κ2) is 4.99. The Morgan fingerprint density at radius 2 is 1.89 bits per heavy atom. The van der Waals surface area contributed by atoms with Crippen molar-refractivity contribution in [1.82, 2.24) is 4.72 Å². The van der Waals surface area contributed by atoms with E-state index in [4.69, 9.17) is 0 Å². The third-order valence-corrected chi connectivity index (χ3v) is 4.93. The van der Waals surface area contributed by atoms with Crippen molar-refractivity contribution < 1.29 is 13.5 Å². The van der Waals surface area contributed by atoms with Crippen molar-refractivity contribution in [1.29, 1.82) is 0 Å². The van der Waals surface area contributed by atoms with Gasteiger partial charge in [-0.1, -0.05) is 19.1 Å². The first kappa shape index (κ1) is 13.5. The van der Waals surface area contributed by atoms with Crippen molar-refractivity contribution in [2.24, 2.45) is 0 Å². The molecule has 1 fully saturated rings. The maximum absolute atomic E-state index is 12.0. The van der Waals surface area contributed by atoms with Gasteiger partial charge in [0.25, 0.3) is 0 Å². The number of aryl methyl sites for hydroxylation is 1. The Morgan fingerprint density at radius 1 is 1.28 bits per heavy atom. The van der Waals surface area contributed by atoms with Crippen LogP contribution in [0.15, 0.2) is 29.2 Å². The van der Waals surface area contributed by atoms with Crippen molar-refractivity contribution >= 4 is 10.0 Å². The highest BCUT2D eigenvalue weighted by atomic mass is 32.2. The van der Waals surface area contributed by atoms with Gasteiger partial charge in [0.1, 0.15) is 0 Å². The summed E-state index contributed by atoms with van der Waals surface area (Å²) in [4.78, 5) is 0.252. The highest BCUT2D eigenvalue weighted by Gasteiger charge is 2.35. The summed E-state index contributed by atoms with van der Waals surface area (Å²) >= 11 is 0. The second-order valence-corrected chi connectivity index (χ2v) is 6.67. The predicted octanol–water partition coefficient (Wildman–Crippen LogP) is 1.44. The van der Waals surface area contributed by atoms with E-state index in [9.17, 15) is 13.5 Å². The molecule has 100 valence electrons. The monoisotopic (exact) mass is 269 g/mol. The molecule has 0 radical (unpaired) electrons. The fourth-order valence-corrected chi connectivity index (χ4v) is 3.10. The van der Waals surface area contributed by atoms with Gasteiger partial charge in [0.05, 0.1) is 10.5 Å². The van der Waals surface area contributed by atoms with Crippen LogP contribution < -0.4 is 4.72 Å². The summed E-state index contributed by atoms with van der Waals surface area (Å²) in [6.07, 6.45) is 3.19. The summed E-state index contributed by atoms with van der Waals surface area (Å²) < 4.78 is 26.5. The van der Waals surface area contributed by atoms with Crippen LogP contribution in [0.3, 0.4) is 0 Å². The van der Waals surface area contributed by atoms with E-state index in [1.54, 1.807) is 12.1 Å². The fraction of sp³-hybridized carbons (Fsp3) is 0.538. The highest BCUT2D eigenvalue weighted by Crippen LogP contribution is 2.31. The molecule has 2 N–H and O–H groups in total. The summed E-state index contributed by atoms with van der Waals surface area (Å²) in [7, 11) is -3.50. The van der Waals surface area contributed by atoms with Gasteiger partial charge in [0.2, 0.25) is 10.0 Å². The van der Waals surface area contributed by atoms with Crippen LogP contribution in [0, 0.1) is 0 Å². The van der Waals surface area contributed by atoms with Gasteiger partial charge in [-0.3, -0.25) is 0 Å². The first-order valence-electron chi connectivity index (χ1n) is 6.26. The average molecular weight is 269 g/mol. The summed E-state index contributed by atoms with van der Waals surface area (Å²) in [6.45, 7) is 2.12. The lowest BCUT2D eigenvalue weighted by atomic mass is 9.81. The van der Waals surface area contributed by atoms with Crippen molar-refractivity contribution in [2.75, 3.05) is 6.54 Å². The molecule has 0 heterocycles. The Kier molecular flexibility index (Phi) is 3.75. The average Bonchev–Trinajstić information content (AvgIpc) is 2.34. The number of hydrogen-bond acceptors (Lipinski definition) is 3. The van der Waals surface area contributed by atoms with E-state index in [1.807, 2.05) is 19.1 Å². The molecule has 0 aliphatic heterocycles. The number of benzene rings is 1. The SMILES string of the molecule is CCc1ccc(S(=O)(=O)NCC2(O)CCC2)cc1. The Hall–Kier alpha value is -0.910. The molecule has 0 unspecified atom stereocenters. The van der Waals surface area contributed by atoms with E-state index < -0.39 is 15.6 Å². The van der Waals surface area contributed by atoms with Crippen molar-refractivity contribution in [3.8, 4) is 0 Å². The molecule has 5 heteroatoms. The first-order valence-corrected chi connectivity index (χ1v) is 7.74. The van der Waals surface area contributed by atoms with Crippen molar-refractivity contribution in [3.05, 3.63) is 29.8 Å². The third-order valence-electron chi connectivity index (χ3n) is 3.52. The maximum Gasteiger partial charge on any atom is 0.240 e. The minimum atomic E-state index is -3.50. The minimum Gasteiger partial charge on any atom is -0.389 e. The van der Waals surface area contributed by atoms with Crippen LogP contribution in [0.2, 0.25) is 0 Å². The van der Waals surface area contributed by atoms with Gasteiger partial charge in [0.15, 0.2) is 0 Å². The highest BCUT2D eigenvalue weighted by molar-refractivity contribution is 7.89. The van der Waals surface area contributed by atoms with E-state index in [0.717, 1.165) is 18.4 Å². The van der Waals surface area contributed by atoms with E-state index in [2.05, 4.69) is 4.72 Å². The topological polar surface area (TPSA) is 66.4 Å². The lowest BCUT2D eigenvalue weighted by Crippen LogP contribution is -2.47. The molecule has 2 rings (SSSR count). The second-order valence-electron chi connectivity index (χ2n) is 4.90. The van der Waals surface area contributed by atoms with Crippen LogP contribution >= 0.6 is 0 Å². The number of aliphatic hydroxyl groups is 1. The van der Waals surface area contributed by atoms with Gasteiger partial charge in [0, 0.05) is 6.54 Å². The zero-order valence-corrected chi connectivity index (χ0v) is 11.3. The van der Waals surface area contributed by atoms with Gasteiger partial charge in [-0.25, -0.2) is 13.1 Å². The van der Waals surface area contributed by atoms with Crippen LogP contribution in [-0.4, -0.2) is 25.7 Å². The summed E-state index contributed by atoms with van der Waals surface area (Å²) in [5.74, 6) is 0. The molecular formula is C13H19NO3S. The predicted molar refractivity (Wildman–Crippen MR) is 69.8 cm³/mol. The minimum absolute atomic E-state index is 0.102. The molecule has 4 nitrogen and oxygen atoms in total. The molecule has 0 aromatic heterocycles. The molecular weight excluding hydrogens is 250 g/mol. The van der Waals surface area contributed by atoms with E-state index in [-0.39, 0.29) is 11.4 Å². The standard InChI is InChI=1S/C13H19NO3S/c1-2-11-4-6-12(7-5-11)18(16,17)14-10-13(15)8-3-9-13/h4-7,14-15H,2-3,8-10H2,1H3. The van der Waals surface area contributed by atoms with E-state index in [0.29, 0.717) is 12.8 Å². The molecule has 0 atom stereocenters.